The van der Waals surface area contributed by atoms with E-state index in [4.69, 9.17) is 4.74 Å². The van der Waals surface area contributed by atoms with Crippen molar-refractivity contribution in [3.8, 4) is 16.9 Å². The number of aromatic nitrogens is 1. The Kier molecular flexibility index (Phi) is 5.66. The SMILES string of the molecule is CCNC(=O)[C@@H]1[C@@H](CO)[C@@H]2Cn3c(ccc(-c4ccc(OC)cc4)c3=O)[C@H]1N2CC. The van der Waals surface area contributed by atoms with Gasteiger partial charge in [0, 0.05) is 42.9 Å². The van der Waals surface area contributed by atoms with E-state index in [1.165, 1.54) is 0 Å². The Balaban J connectivity index is 1.81. The second-order valence-electron chi connectivity index (χ2n) is 7.93. The molecular formula is C23H29N3O4. The van der Waals surface area contributed by atoms with E-state index in [1.54, 1.807) is 7.11 Å². The van der Waals surface area contributed by atoms with E-state index in [1.807, 2.05) is 47.9 Å². The highest BCUT2D eigenvalue weighted by Gasteiger charge is 2.55. The first-order chi connectivity index (χ1) is 14.5. The van der Waals surface area contributed by atoms with Crippen LogP contribution in [0.4, 0.5) is 0 Å². The van der Waals surface area contributed by atoms with Gasteiger partial charge in [-0.3, -0.25) is 14.5 Å². The van der Waals surface area contributed by atoms with Gasteiger partial charge in [0.25, 0.3) is 5.56 Å². The number of carbonyl (C=O) groups is 1. The molecule has 30 heavy (non-hydrogen) atoms. The van der Waals surface area contributed by atoms with E-state index in [2.05, 4.69) is 17.1 Å². The van der Waals surface area contributed by atoms with Crippen LogP contribution < -0.4 is 15.6 Å². The van der Waals surface area contributed by atoms with Crippen LogP contribution in [-0.4, -0.2) is 53.3 Å². The first-order valence-corrected chi connectivity index (χ1v) is 10.6. The van der Waals surface area contributed by atoms with Gasteiger partial charge in [-0.25, -0.2) is 0 Å². The minimum atomic E-state index is -0.375. The van der Waals surface area contributed by atoms with Gasteiger partial charge in [0.2, 0.25) is 5.91 Å². The Morgan fingerprint density at radius 2 is 1.93 bits per heavy atom. The van der Waals surface area contributed by atoms with E-state index in [-0.39, 0.29) is 42.0 Å². The van der Waals surface area contributed by atoms with Gasteiger partial charge in [0.1, 0.15) is 5.75 Å². The van der Waals surface area contributed by atoms with Crippen molar-refractivity contribution in [2.75, 3.05) is 26.8 Å². The summed E-state index contributed by atoms with van der Waals surface area (Å²) >= 11 is 0. The number of aliphatic hydroxyl groups excluding tert-OH is 1. The molecule has 1 aromatic heterocycles. The molecule has 1 aromatic carbocycles. The number of nitrogens with zero attached hydrogens (tertiary/aromatic N) is 2. The van der Waals surface area contributed by atoms with Crippen molar-refractivity contribution in [3.05, 3.63) is 52.4 Å². The topological polar surface area (TPSA) is 83.8 Å². The number of benzene rings is 1. The molecule has 0 unspecified atom stereocenters. The van der Waals surface area contributed by atoms with Gasteiger partial charge in [-0.1, -0.05) is 19.1 Å². The maximum Gasteiger partial charge on any atom is 0.258 e. The highest BCUT2D eigenvalue weighted by atomic mass is 16.5. The number of likely N-dealkylation sites (N-methyl/N-ethyl adjacent to an activating group) is 1. The van der Waals surface area contributed by atoms with Crippen LogP contribution in [0, 0.1) is 11.8 Å². The number of amides is 1. The summed E-state index contributed by atoms with van der Waals surface area (Å²) in [5.74, 6) is 0.108. The lowest BCUT2D eigenvalue weighted by atomic mass is 9.86. The molecule has 0 spiro atoms. The maximum atomic E-state index is 13.4. The Bertz CT molecular complexity index is 985. The van der Waals surface area contributed by atoms with Crippen LogP contribution in [0.25, 0.3) is 11.1 Å². The van der Waals surface area contributed by atoms with Crippen molar-refractivity contribution >= 4 is 5.91 Å². The Morgan fingerprint density at radius 1 is 1.20 bits per heavy atom. The number of methoxy groups -OCH3 is 1. The molecule has 7 heteroatoms. The van der Waals surface area contributed by atoms with Crippen LogP contribution in [0.3, 0.4) is 0 Å². The number of hydrogen-bond donors (Lipinski definition) is 2. The Hall–Kier alpha value is -2.64. The lowest BCUT2D eigenvalue weighted by molar-refractivity contribution is -0.127. The lowest BCUT2D eigenvalue weighted by Gasteiger charge is -2.37. The molecule has 2 aliphatic rings. The fourth-order valence-corrected chi connectivity index (χ4v) is 5.24. The number of fused-ring (bicyclic) bond motifs is 4. The summed E-state index contributed by atoms with van der Waals surface area (Å²) in [4.78, 5) is 28.6. The summed E-state index contributed by atoms with van der Waals surface area (Å²) < 4.78 is 7.02. The van der Waals surface area contributed by atoms with E-state index < -0.39 is 0 Å². The average Bonchev–Trinajstić information content (AvgIpc) is 3.00. The monoisotopic (exact) mass is 411 g/mol. The third-order valence-corrected chi connectivity index (χ3v) is 6.59. The van der Waals surface area contributed by atoms with Gasteiger partial charge in [-0.05, 0) is 43.3 Å². The van der Waals surface area contributed by atoms with Crippen LogP contribution in [0.2, 0.25) is 0 Å². The highest BCUT2D eigenvalue weighted by Crippen LogP contribution is 2.48. The number of nitrogens with one attached hydrogen (secondary N) is 1. The summed E-state index contributed by atoms with van der Waals surface area (Å²) in [7, 11) is 1.61. The number of rotatable bonds is 6. The summed E-state index contributed by atoms with van der Waals surface area (Å²) in [5, 5.41) is 13.1. The van der Waals surface area contributed by atoms with Crippen molar-refractivity contribution < 1.29 is 14.6 Å². The van der Waals surface area contributed by atoms with Gasteiger partial charge in [-0.2, -0.15) is 0 Å². The fraction of sp³-hybridized carbons (Fsp3) is 0.478. The number of ether oxygens (including phenoxy) is 1. The zero-order valence-corrected chi connectivity index (χ0v) is 17.7. The quantitative estimate of drug-likeness (QED) is 0.755. The summed E-state index contributed by atoms with van der Waals surface area (Å²) in [6.45, 7) is 5.66. The molecule has 4 atom stereocenters. The molecular weight excluding hydrogens is 382 g/mol. The number of hydrogen-bond acceptors (Lipinski definition) is 5. The van der Waals surface area contributed by atoms with Gasteiger partial charge in [0.05, 0.1) is 19.1 Å². The molecule has 1 saturated heterocycles. The first kappa shape index (κ1) is 20.6. The molecule has 160 valence electrons. The second-order valence-corrected chi connectivity index (χ2v) is 7.93. The molecule has 0 saturated carbocycles. The zero-order chi connectivity index (χ0) is 21.4. The molecule has 7 nitrogen and oxygen atoms in total. The molecule has 2 bridgehead atoms. The van der Waals surface area contributed by atoms with Crippen LogP contribution in [0.1, 0.15) is 25.6 Å². The van der Waals surface area contributed by atoms with Crippen molar-refractivity contribution in [2.45, 2.75) is 32.5 Å². The summed E-state index contributed by atoms with van der Waals surface area (Å²) in [5.41, 5.74) is 2.25. The number of carbonyl (C=O) groups excluding carboxylic acids is 1. The fourth-order valence-electron chi connectivity index (χ4n) is 5.24. The molecule has 4 rings (SSSR count). The zero-order valence-electron chi connectivity index (χ0n) is 17.7. The Labute approximate surface area is 176 Å². The summed E-state index contributed by atoms with van der Waals surface area (Å²) in [6, 6.07) is 11.0. The predicted molar refractivity (Wildman–Crippen MR) is 114 cm³/mol. The third-order valence-electron chi connectivity index (χ3n) is 6.59. The van der Waals surface area contributed by atoms with E-state index in [9.17, 15) is 14.7 Å². The highest BCUT2D eigenvalue weighted by molar-refractivity contribution is 5.80. The van der Waals surface area contributed by atoms with Gasteiger partial charge in [-0.15, -0.1) is 0 Å². The van der Waals surface area contributed by atoms with E-state index in [0.717, 1.165) is 23.6 Å². The Morgan fingerprint density at radius 3 is 2.53 bits per heavy atom. The molecule has 2 N–H and O–H groups in total. The maximum absolute atomic E-state index is 13.4. The number of pyridine rings is 1. The summed E-state index contributed by atoms with van der Waals surface area (Å²) in [6.07, 6.45) is 0. The molecule has 1 fully saturated rings. The third kappa shape index (κ3) is 3.13. The molecule has 3 heterocycles. The second kappa shape index (κ2) is 8.24. The van der Waals surface area contributed by atoms with Crippen molar-refractivity contribution in [3.63, 3.8) is 0 Å². The molecule has 0 radical (unpaired) electrons. The van der Waals surface area contributed by atoms with Gasteiger partial charge >= 0.3 is 0 Å². The molecule has 2 aliphatic heterocycles. The van der Waals surface area contributed by atoms with Crippen molar-refractivity contribution in [1.82, 2.24) is 14.8 Å². The minimum Gasteiger partial charge on any atom is -0.497 e. The van der Waals surface area contributed by atoms with Crippen molar-refractivity contribution in [1.29, 1.82) is 0 Å². The molecule has 0 aliphatic carbocycles. The first-order valence-electron chi connectivity index (χ1n) is 10.6. The molecule has 2 aromatic rings. The average molecular weight is 412 g/mol. The van der Waals surface area contributed by atoms with Gasteiger partial charge in [0.15, 0.2) is 0 Å². The number of aliphatic hydroxyl groups is 1. The van der Waals surface area contributed by atoms with Crippen LogP contribution in [0.15, 0.2) is 41.2 Å². The largest absolute Gasteiger partial charge is 0.497 e. The van der Waals surface area contributed by atoms with Crippen LogP contribution in [-0.2, 0) is 11.3 Å². The molecule has 1 amide bonds. The lowest BCUT2D eigenvalue weighted by Crippen LogP contribution is -2.46. The standard InChI is InChI=1S/C23H29N3O4/c1-4-24-22(28)20-17(13-27)19-12-26-18(21(20)25(19)5-2)11-10-16(23(26)29)14-6-8-15(30-3)9-7-14/h6-11,17,19-21,27H,4-5,12-13H2,1-3H3,(H,24,28)/t17-,19-,20+,21+/m0/s1. The van der Waals surface area contributed by atoms with Gasteiger partial charge < -0.3 is 19.7 Å². The van der Waals surface area contributed by atoms with Crippen molar-refractivity contribution in [2.24, 2.45) is 11.8 Å². The minimum absolute atomic E-state index is 0.0473. The van der Waals surface area contributed by atoms with Crippen LogP contribution >= 0.6 is 0 Å². The smallest absolute Gasteiger partial charge is 0.258 e. The normalized spacial score (nSPS) is 25.1. The van der Waals surface area contributed by atoms with E-state index >= 15 is 0 Å². The van der Waals surface area contributed by atoms with E-state index in [0.29, 0.717) is 18.7 Å². The van der Waals surface area contributed by atoms with Crippen LogP contribution in [0.5, 0.6) is 5.75 Å². The predicted octanol–water partition coefficient (Wildman–Crippen LogP) is 1.64.